The summed E-state index contributed by atoms with van der Waals surface area (Å²) in [7, 11) is 0. The van der Waals surface area contributed by atoms with Crippen molar-refractivity contribution in [3.8, 4) is 0 Å². The average Bonchev–Trinajstić information content (AvgIpc) is 2.55. The van der Waals surface area contributed by atoms with E-state index in [1.165, 1.54) is 6.07 Å². The van der Waals surface area contributed by atoms with Gasteiger partial charge in [-0.25, -0.2) is 0 Å². The second-order valence-corrected chi connectivity index (χ2v) is 5.76. The van der Waals surface area contributed by atoms with Crippen LogP contribution in [0.5, 0.6) is 0 Å². The second-order valence-electron chi connectivity index (χ2n) is 5.76. The van der Waals surface area contributed by atoms with Crippen LogP contribution < -0.4 is 10.7 Å². The molecule has 0 fully saturated rings. The first-order valence-electron chi connectivity index (χ1n) is 8.11. The molecule has 1 aromatic carbocycles. The van der Waals surface area contributed by atoms with Gasteiger partial charge >= 0.3 is 0 Å². The Labute approximate surface area is 136 Å². The van der Waals surface area contributed by atoms with Crippen molar-refractivity contribution in [1.82, 2.24) is 15.2 Å². The number of fused-ring (bicyclic) bond motifs is 1. The fourth-order valence-electron chi connectivity index (χ4n) is 2.65. The third-order valence-corrected chi connectivity index (χ3v) is 4.39. The minimum atomic E-state index is -0.239. The lowest BCUT2D eigenvalue weighted by Crippen LogP contribution is -2.35. The molecule has 0 unspecified atom stereocenters. The minimum Gasteiger partial charge on any atom is -0.350 e. The Bertz CT molecular complexity index is 761. The number of likely N-dealkylation sites (N-methyl/N-ethyl adjacent to an activating group) is 1. The molecular formula is C18H25N3O2. The number of aryl methyl sites for hydroxylation is 2. The van der Waals surface area contributed by atoms with E-state index in [4.69, 9.17) is 0 Å². The summed E-state index contributed by atoms with van der Waals surface area (Å²) in [6.45, 7) is 11.4. The number of rotatable bonds is 6. The molecule has 1 amide bonds. The second kappa shape index (κ2) is 7.42. The number of hydrogen-bond donors (Lipinski definition) is 2. The van der Waals surface area contributed by atoms with E-state index in [1.54, 1.807) is 6.07 Å². The van der Waals surface area contributed by atoms with Gasteiger partial charge < -0.3 is 15.2 Å². The Hall–Kier alpha value is -2.14. The quantitative estimate of drug-likeness (QED) is 0.859. The topological polar surface area (TPSA) is 65.2 Å². The van der Waals surface area contributed by atoms with Crippen LogP contribution in [0.3, 0.4) is 0 Å². The predicted octanol–water partition coefficient (Wildman–Crippen LogP) is 2.22. The zero-order valence-electron chi connectivity index (χ0n) is 14.3. The molecule has 2 aromatic rings. The lowest BCUT2D eigenvalue weighted by atomic mass is 10.0. The van der Waals surface area contributed by atoms with Crippen LogP contribution in [-0.4, -0.2) is 42.0 Å². The van der Waals surface area contributed by atoms with E-state index in [2.05, 4.69) is 29.0 Å². The summed E-state index contributed by atoms with van der Waals surface area (Å²) < 4.78 is 0. The van der Waals surface area contributed by atoms with Gasteiger partial charge in [0.25, 0.3) is 5.91 Å². The van der Waals surface area contributed by atoms with E-state index in [-0.39, 0.29) is 11.3 Å². The molecule has 0 saturated heterocycles. The third kappa shape index (κ3) is 3.79. The van der Waals surface area contributed by atoms with Crippen LogP contribution in [0.2, 0.25) is 0 Å². The van der Waals surface area contributed by atoms with Crippen LogP contribution in [0.25, 0.3) is 10.9 Å². The summed E-state index contributed by atoms with van der Waals surface area (Å²) in [5.41, 5.74) is 3.02. The first-order valence-corrected chi connectivity index (χ1v) is 8.11. The van der Waals surface area contributed by atoms with Gasteiger partial charge in [0.15, 0.2) is 5.43 Å². The van der Waals surface area contributed by atoms with E-state index in [9.17, 15) is 9.59 Å². The summed E-state index contributed by atoms with van der Waals surface area (Å²) in [5.74, 6) is -0.239. The lowest BCUT2D eigenvalue weighted by Gasteiger charge is -2.18. The monoisotopic (exact) mass is 315 g/mol. The van der Waals surface area contributed by atoms with Gasteiger partial charge in [0.05, 0.1) is 5.52 Å². The Morgan fingerprint density at radius 2 is 1.91 bits per heavy atom. The molecule has 1 heterocycles. The molecule has 0 aliphatic rings. The van der Waals surface area contributed by atoms with Crippen LogP contribution in [0.1, 0.15) is 35.5 Å². The van der Waals surface area contributed by atoms with Gasteiger partial charge in [0, 0.05) is 24.5 Å². The van der Waals surface area contributed by atoms with E-state index in [0.717, 1.165) is 36.3 Å². The van der Waals surface area contributed by atoms with Gasteiger partial charge in [-0.1, -0.05) is 19.9 Å². The number of hydrogen-bond acceptors (Lipinski definition) is 3. The molecule has 5 nitrogen and oxygen atoms in total. The molecule has 0 bridgehead atoms. The largest absolute Gasteiger partial charge is 0.350 e. The van der Waals surface area contributed by atoms with Crippen LogP contribution >= 0.6 is 0 Å². The Morgan fingerprint density at radius 1 is 1.22 bits per heavy atom. The zero-order valence-corrected chi connectivity index (χ0v) is 14.3. The Kier molecular flexibility index (Phi) is 5.55. The van der Waals surface area contributed by atoms with Crippen molar-refractivity contribution in [3.63, 3.8) is 0 Å². The van der Waals surface area contributed by atoms with Gasteiger partial charge in [-0.05, 0) is 44.1 Å². The fourth-order valence-corrected chi connectivity index (χ4v) is 2.65. The van der Waals surface area contributed by atoms with Crippen LogP contribution in [0, 0.1) is 13.8 Å². The predicted molar refractivity (Wildman–Crippen MR) is 94.2 cm³/mol. The van der Waals surface area contributed by atoms with Crippen molar-refractivity contribution < 1.29 is 4.79 Å². The highest BCUT2D eigenvalue weighted by molar-refractivity contribution is 5.95. The molecule has 0 saturated carbocycles. The number of benzene rings is 1. The van der Waals surface area contributed by atoms with Crippen molar-refractivity contribution in [2.45, 2.75) is 27.7 Å². The molecule has 2 rings (SSSR count). The first-order chi connectivity index (χ1) is 11.0. The number of nitrogens with zero attached hydrogens (tertiary/aromatic N) is 1. The number of aromatic amines is 1. The molecule has 0 radical (unpaired) electrons. The van der Waals surface area contributed by atoms with Gasteiger partial charge in [-0.3, -0.25) is 9.59 Å². The highest BCUT2D eigenvalue weighted by Gasteiger charge is 2.11. The number of carbonyl (C=O) groups excluding carboxylic acids is 1. The number of aromatic nitrogens is 1. The lowest BCUT2D eigenvalue weighted by molar-refractivity contribution is 0.0944. The summed E-state index contributed by atoms with van der Waals surface area (Å²) in [6, 6.07) is 5.11. The molecule has 124 valence electrons. The van der Waals surface area contributed by atoms with Gasteiger partial charge in [-0.2, -0.15) is 0 Å². The number of pyridine rings is 1. The van der Waals surface area contributed by atoms with Crippen molar-refractivity contribution in [2.75, 3.05) is 26.2 Å². The number of nitrogens with one attached hydrogen (secondary N) is 2. The van der Waals surface area contributed by atoms with E-state index >= 15 is 0 Å². The summed E-state index contributed by atoms with van der Waals surface area (Å²) in [4.78, 5) is 29.9. The van der Waals surface area contributed by atoms with E-state index < -0.39 is 0 Å². The normalized spacial score (nSPS) is 11.2. The average molecular weight is 315 g/mol. The summed E-state index contributed by atoms with van der Waals surface area (Å²) >= 11 is 0. The fraction of sp³-hybridized carbons (Fsp3) is 0.444. The third-order valence-electron chi connectivity index (χ3n) is 4.39. The molecule has 0 aliphatic carbocycles. The van der Waals surface area contributed by atoms with E-state index in [0.29, 0.717) is 17.6 Å². The maximum Gasteiger partial charge on any atom is 0.267 e. The first kappa shape index (κ1) is 17.2. The van der Waals surface area contributed by atoms with Crippen molar-refractivity contribution in [3.05, 3.63) is 45.2 Å². The van der Waals surface area contributed by atoms with Crippen LogP contribution in [0.4, 0.5) is 0 Å². The number of amides is 1. The molecule has 2 N–H and O–H groups in total. The smallest absolute Gasteiger partial charge is 0.267 e. The number of carbonyl (C=O) groups is 1. The van der Waals surface area contributed by atoms with Gasteiger partial charge in [0.1, 0.15) is 5.69 Å². The molecule has 0 aliphatic heterocycles. The van der Waals surface area contributed by atoms with Crippen LogP contribution in [0.15, 0.2) is 23.0 Å². The van der Waals surface area contributed by atoms with Crippen molar-refractivity contribution in [2.24, 2.45) is 0 Å². The maximum atomic E-state index is 12.3. The highest BCUT2D eigenvalue weighted by Crippen LogP contribution is 2.17. The molecule has 5 heteroatoms. The van der Waals surface area contributed by atoms with Crippen LogP contribution in [-0.2, 0) is 0 Å². The minimum absolute atomic E-state index is 0.129. The summed E-state index contributed by atoms with van der Waals surface area (Å²) in [5, 5.41) is 3.49. The van der Waals surface area contributed by atoms with Gasteiger partial charge in [-0.15, -0.1) is 0 Å². The maximum absolute atomic E-state index is 12.3. The van der Waals surface area contributed by atoms with E-state index in [1.807, 2.05) is 19.9 Å². The standard InChI is InChI=1S/C18H25N3O2/c1-5-21(6-2)10-9-19-18(23)15-11-16(22)14-8-7-12(3)13(4)17(14)20-15/h7-8,11H,5-6,9-10H2,1-4H3,(H,19,23)(H,20,22). The number of H-pyrrole nitrogens is 1. The molecule has 1 aromatic heterocycles. The molecule has 23 heavy (non-hydrogen) atoms. The molecule has 0 atom stereocenters. The van der Waals surface area contributed by atoms with Crippen molar-refractivity contribution in [1.29, 1.82) is 0 Å². The Morgan fingerprint density at radius 3 is 2.57 bits per heavy atom. The molecular weight excluding hydrogens is 290 g/mol. The Balaban J connectivity index is 2.21. The molecule has 0 spiro atoms. The summed E-state index contributed by atoms with van der Waals surface area (Å²) in [6.07, 6.45) is 0. The zero-order chi connectivity index (χ0) is 17.0. The van der Waals surface area contributed by atoms with Crippen molar-refractivity contribution >= 4 is 16.8 Å². The van der Waals surface area contributed by atoms with Gasteiger partial charge in [0.2, 0.25) is 0 Å². The highest BCUT2D eigenvalue weighted by atomic mass is 16.2. The SMILES string of the molecule is CCN(CC)CCNC(=O)c1cc(=O)c2ccc(C)c(C)c2[nH]1.